The molecule has 3 heterocycles. The van der Waals surface area contributed by atoms with Crippen molar-refractivity contribution in [1.82, 2.24) is 4.98 Å². The maximum Gasteiger partial charge on any atom is 0.131 e. The van der Waals surface area contributed by atoms with Crippen molar-refractivity contribution in [3.8, 4) is 0 Å². The molecule has 2 aliphatic rings. The van der Waals surface area contributed by atoms with Gasteiger partial charge < -0.3 is 0 Å². The molecule has 0 unspecified atom stereocenters. The van der Waals surface area contributed by atoms with Crippen LogP contribution in [0.3, 0.4) is 0 Å². The third kappa shape index (κ3) is 2.40. The van der Waals surface area contributed by atoms with Gasteiger partial charge in [0.25, 0.3) is 0 Å². The summed E-state index contributed by atoms with van der Waals surface area (Å²) in [6.07, 6.45) is 0. The number of fused-ring (bicyclic) bond motifs is 1. The summed E-state index contributed by atoms with van der Waals surface area (Å²) in [5, 5.41) is 7.65. The zero-order chi connectivity index (χ0) is 12.7. The third-order valence-electron chi connectivity index (χ3n) is 2.55. The zero-order valence-corrected chi connectivity index (χ0v) is 13.6. The number of para-hydroxylation sites is 1. The van der Waals surface area contributed by atoms with Crippen LogP contribution >= 0.6 is 58.4 Å². The summed E-state index contributed by atoms with van der Waals surface area (Å²) in [6.45, 7) is 0. The van der Waals surface area contributed by atoms with E-state index < -0.39 is 0 Å². The smallest absolute Gasteiger partial charge is 0.131 e. The molecule has 0 atom stereocenters. The van der Waals surface area contributed by atoms with Gasteiger partial charge in [0, 0.05) is 0 Å². The maximum atomic E-state index is 4.72. The van der Waals surface area contributed by atoms with E-state index in [1.54, 1.807) is 11.3 Å². The van der Waals surface area contributed by atoms with Crippen molar-refractivity contribution in [1.29, 1.82) is 0 Å². The molecule has 1 nitrogen and oxygen atoms in total. The highest BCUT2D eigenvalue weighted by atomic mass is 32.2. The fourth-order valence-corrected chi connectivity index (χ4v) is 7.26. The first-order valence-electron chi connectivity index (χ1n) is 5.53. The predicted octanol–water partition coefficient (Wildman–Crippen LogP) is 6.15. The molecule has 0 bridgehead atoms. The lowest BCUT2D eigenvalue weighted by molar-refractivity contribution is 1.46. The van der Waals surface area contributed by atoms with Gasteiger partial charge in [0.05, 0.1) is 23.6 Å². The average molecular weight is 338 g/mol. The predicted molar refractivity (Wildman–Crippen MR) is 94.1 cm³/mol. The molecular weight excluding hydrogens is 330 g/mol. The lowest BCUT2D eigenvalue weighted by Crippen LogP contribution is -1.73. The number of thiazole rings is 1. The second-order valence-electron chi connectivity index (χ2n) is 3.77. The van der Waals surface area contributed by atoms with E-state index in [9.17, 15) is 0 Å². The molecule has 19 heavy (non-hydrogen) atoms. The zero-order valence-electron chi connectivity index (χ0n) is 9.53. The normalized spacial score (nSPS) is 18.6. The Bertz CT molecular complexity index is 697. The van der Waals surface area contributed by atoms with Crippen LogP contribution in [0.5, 0.6) is 0 Å². The van der Waals surface area contributed by atoms with Crippen LogP contribution in [0.1, 0.15) is 5.01 Å². The summed E-state index contributed by atoms with van der Waals surface area (Å²) in [5.41, 5.74) is 1.10. The number of benzene rings is 1. The van der Waals surface area contributed by atoms with Gasteiger partial charge in [0.15, 0.2) is 0 Å². The SMILES string of the molecule is C1=CSC(=C2SC=C(c3nc4ccccc4s3)S2)S1. The fourth-order valence-electron chi connectivity index (χ4n) is 1.72. The Morgan fingerprint density at radius 1 is 0.895 bits per heavy atom. The number of nitrogens with zero attached hydrogens (tertiary/aromatic N) is 1. The van der Waals surface area contributed by atoms with E-state index in [4.69, 9.17) is 4.98 Å². The summed E-state index contributed by atoms with van der Waals surface area (Å²) >= 11 is 9.06. The fraction of sp³-hybridized carbons (Fsp3) is 0. The standard InChI is InChI=1S/C13H7NS5/c1-2-4-9-8(3-1)14-11(18-9)10-7-17-13(19-10)12-15-5-6-16-12/h1-7H. The Morgan fingerprint density at radius 3 is 2.58 bits per heavy atom. The molecule has 2 aromatic rings. The number of hydrogen-bond acceptors (Lipinski definition) is 6. The van der Waals surface area contributed by atoms with Crippen LogP contribution in [0, 0.1) is 0 Å². The molecule has 0 radical (unpaired) electrons. The monoisotopic (exact) mass is 337 g/mol. The third-order valence-corrected chi connectivity index (χ3v) is 8.78. The highest BCUT2D eigenvalue weighted by Gasteiger charge is 2.21. The van der Waals surface area contributed by atoms with E-state index in [2.05, 4.69) is 34.4 Å². The van der Waals surface area contributed by atoms with E-state index in [0.717, 1.165) is 10.5 Å². The maximum absolute atomic E-state index is 4.72. The van der Waals surface area contributed by atoms with Gasteiger partial charge in [-0.1, -0.05) is 59.2 Å². The summed E-state index contributed by atoms with van der Waals surface area (Å²) in [6, 6.07) is 8.33. The van der Waals surface area contributed by atoms with Crippen LogP contribution in [0.2, 0.25) is 0 Å². The molecule has 2 aliphatic heterocycles. The molecule has 0 fully saturated rings. The molecule has 0 saturated carbocycles. The summed E-state index contributed by atoms with van der Waals surface area (Å²) in [7, 11) is 0. The van der Waals surface area contributed by atoms with E-state index in [1.807, 2.05) is 53.1 Å². The van der Waals surface area contributed by atoms with Gasteiger partial charge in [0.1, 0.15) is 5.01 Å². The quantitative estimate of drug-likeness (QED) is 0.617. The first-order chi connectivity index (χ1) is 9.40. The molecule has 0 saturated heterocycles. The van der Waals surface area contributed by atoms with Crippen molar-refractivity contribution in [2.24, 2.45) is 0 Å². The van der Waals surface area contributed by atoms with Crippen LogP contribution < -0.4 is 0 Å². The van der Waals surface area contributed by atoms with Crippen LogP contribution in [0.15, 0.2) is 49.0 Å². The van der Waals surface area contributed by atoms with Gasteiger partial charge in [-0.15, -0.1) is 11.3 Å². The van der Waals surface area contributed by atoms with Crippen LogP contribution in [-0.2, 0) is 0 Å². The lowest BCUT2D eigenvalue weighted by atomic mass is 10.3. The van der Waals surface area contributed by atoms with Gasteiger partial charge in [-0.2, -0.15) is 0 Å². The van der Waals surface area contributed by atoms with Crippen molar-refractivity contribution >= 4 is 73.5 Å². The lowest BCUT2D eigenvalue weighted by Gasteiger charge is -2.00. The minimum Gasteiger partial charge on any atom is -0.235 e. The molecule has 94 valence electrons. The molecule has 1 aromatic heterocycles. The van der Waals surface area contributed by atoms with E-state index in [-0.39, 0.29) is 0 Å². The first kappa shape index (κ1) is 12.5. The average Bonchev–Trinajstić information content (AvgIpc) is 3.17. The summed E-state index contributed by atoms with van der Waals surface area (Å²) in [5.74, 6) is 0. The first-order valence-corrected chi connectivity index (χ1v) is 9.80. The Morgan fingerprint density at radius 2 is 1.74 bits per heavy atom. The number of hydrogen-bond donors (Lipinski definition) is 0. The van der Waals surface area contributed by atoms with E-state index in [1.165, 1.54) is 18.1 Å². The topological polar surface area (TPSA) is 12.9 Å². The molecule has 6 heteroatoms. The minimum atomic E-state index is 1.10. The molecule has 0 aliphatic carbocycles. The van der Waals surface area contributed by atoms with Gasteiger partial charge in [0.2, 0.25) is 0 Å². The van der Waals surface area contributed by atoms with Crippen molar-refractivity contribution in [3.63, 3.8) is 0 Å². The van der Waals surface area contributed by atoms with Crippen molar-refractivity contribution in [2.45, 2.75) is 0 Å². The summed E-state index contributed by atoms with van der Waals surface area (Å²) < 4.78 is 4.04. The van der Waals surface area contributed by atoms with Crippen molar-refractivity contribution in [3.05, 3.63) is 54.0 Å². The van der Waals surface area contributed by atoms with Crippen LogP contribution in [-0.4, -0.2) is 4.98 Å². The Labute approximate surface area is 132 Å². The minimum absolute atomic E-state index is 1.10. The molecule has 4 rings (SSSR count). The van der Waals surface area contributed by atoms with E-state index in [0.29, 0.717) is 0 Å². The highest BCUT2D eigenvalue weighted by molar-refractivity contribution is 8.35. The van der Waals surface area contributed by atoms with Gasteiger partial charge in [-0.25, -0.2) is 4.98 Å². The van der Waals surface area contributed by atoms with Gasteiger partial charge in [-0.3, -0.25) is 0 Å². The van der Waals surface area contributed by atoms with Gasteiger partial charge in [-0.05, 0) is 28.4 Å². The Kier molecular flexibility index (Phi) is 3.45. The molecule has 1 aromatic carbocycles. The van der Waals surface area contributed by atoms with Gasteiger partial charge >= 0.3 is 0 Å². The highest BCUT2D eigenvalue weighted by Crippen LogP contribution is 2.56. The molecule has 0 N–H and O–H groups in total. The number of thioether (sulfide) groups is 4. The number of rotatable bonds is 1. The van der Waals surface area contributed by atoms with Crippen molar-refractivity contribution < 1.29 is 0 Å². The molecular formula is C13H7NS5. The Balaban J connectivity index is 1.65. The second-order valence-corrected chi connectivity index (χ2v) is 9.08. The van der Waals surface area contributed by atoms with Crippen LogP contribution in [0.25, 0.3) is 15.1 Å². The molecule has 0 spiro atoms. The second kappa shape index (κ2) is 5.26. The van der Waals surface area contributed by atoms with Crippen LogP contribution in [0.4, 0.5) is 0 Å². The van der Waals surface area contributed by atoms with Crippen molar-refractivity contribution in [2.75, 3.05) is 0 Å². The van der Waals surface area contributed by atoms with E-state index >= 15 is 0 Å². The Hall–Kier alpha value is -0.270. The summed E-state index contributed by atoms with van der Waals surface area (Å²) in [4.78, 5) is 6.00. The number of aromatic nitrogens is 1. The molecule has 0 amide bonds. The largest absolute Gasteiger partial charge is 0.235 e.